The summed E-state index contributed by atoms with van der Waals surface area (Å²) in [5.74, 6) is 0.748. The molecule has 2 N–H and O–H groups in total. The van der Waals surface area contributed by atoms with Gasteiger partial charge in [0.2, 0.25) is 0 Å². The molecule has 0 bridgehead atoms. The van der Waals surface area contributed by atoms with Gasteiger partial charge in [0.1, 0.15) is 5.75 Å². The van der Waals surface area contributed by atoms with Crippen LogP contribution in [0.4, 0.5) is 0 Å². The molecule has 3 aromatic rings. The van der Waals surface area contributed by atoms with Gasteiger partial charge in [-0.3, -0.25) is 9.36 Å². The van der Waals surface area contributed by atoms with Crippen molar-refractivity contribution in [1.82, 2.24) is 4.57 Å². The lowest BCUT2D eigenvalue weighted by atomic mass is 10.1. The lowest BCUT2D eigenvalue weighted by Crippen LogP contribution is -2.25. The highest BCUT2D eigenvalue weighted by atomic mass is 16.5. The van der Waals surface area contributed by atoms with Crippen LogP contribution in [0.2, 0.25) is 0 Å². The van der Waals surface area contributed by atoms with E-state index >= 15 is 0 Å². The molecule has 0 saturated heterocycles. The highest BCUT2D eigenvalue weighted by Gasteiger charge is 2.11. The molecule has 0 radical (unpaired) electrons. The van der Waals surface area contributed by atoms with Crippen LogP contribution in [0.25, 0.3) is 16.9 Å². The standard InChI is InChI=1S/C19H18N2O2/c1-23-17-10-8-16(9-11-17)21-18(14-5-3-2-4-6-14)12-7-15(13-20)19(21)22/h2-12H,13,20H2,1H3. The first-order valence-electron chi connectivity index (χ1n) is 7.39. The summed E-state index contributed by atoms with van der Waals surface area (Å²) in [5, 5.41) is 0. The number of methoxy groups -OCH3 is 1. The smallest absolute Gasteiger partial charge is 0.260 e. The number of nitrogens with two attached hydrogens (primary N) is 1. The Hall–Kier alpha value is -2.85. The summed E-state index contributed by atoms with van der Waals surface area (Å²) < 4.78 is 6.88. The first kappa shape index (κ1) is 15.1. The molecule has 0 aliphatic carbocycles. The van der Waals surface area contributed by atoms with E-state index in [4.69, 9.17) is 10.5 Å². The highest BCUT2D eigenvalue weighted by Crippen LogP contribution is 2.23. The van der Waals surface area contributed by atoms with E-state index in [-0.39, 0.29) is 12.1 Å². The van der Waals surface area contributed by atoms with Crippen molar-refractivity contribution in [3.63, 3.8) is 0 Å². The molecule has 3 rings (SSSR count). The van der Waals surface area contributed by atoms with Crippen LogP contribution >= 0.6 is 0 Å². The van der Waals surface area contributed by atoms with Crippen LogP contribution in [0, 0.1) is 0 Å². The molecule has 0 aliphatic rings. The van der Waals surface area contributed by atoms with Crippen LogP contribution in [-0.2, 0) is 6.54 Å². The van der Waals surface area contributed by atoms with Gasteiger partial charge in [0, 0.05) is 17.8 Å². The van der Waals surface area contributed by atoms with Gasteiger partial charge in [0.15, 0.2) is 0 Å². The van der Waals surface area contributed by atoms with Crippen LogP contribution < -0.4 is 16.0 Å². The van der Waals surface area contributed by atoms with Gasteiger partial charge in [-0.15, -0.1) is 0 Å². The van der Waals surface area contributed by atoms with E-state index in [0.717, 1.165) is 22.7 Å². The minimum Gasteiger partial charge on any atom is -0.497 e. The molecular formula is C19H18N2O2. The lowest BCUT2D eigenvalue weighted by Gasteiger charge is -2.15. The number of hydrogen-bond donors (Lipinski definition) is 1. The largest absolute Gasteiger partial charge is 0.497 e. The maximum Gasteiger partial charge on any atom is 0.260 e. The second-order valence-corrected chi connectivity index (χ2v) is 5.15. The molecular weight excluding hydrogens is 288 g/mol. The van der Waals surface area contributed by atoms with Gasteiger partial charge in [-0.05, 0) is 35.9 Å². The van der Waals surface area contributed by atoms with Crippen molar-refractivity contribution < 1.29 is 4.74 Å². The molecule has 0 spiro atoms. The quantitative estimate of drug-likeness (QED) is 0.806. The zero-order valence-electron chi connectivity index (χ0n) is 12.9. The SMILES string of the molecule is COc1ccc(-n2c(-c3ccccc3)ccc(CN)c2=O)cc1. The Morgan fingerprint density at radius 1 is 0.957 bits per heavy atom. The van der Waals surface area contributed by atoms with E-state index in [9.17, 15) is 4.79 Å². The third-order valence-electron chi connectivity index (χ3n) is 3.78. The van der Waals surface area contributed by atoms with Gasteiger partial charge in [0.05, 0.1) is 12.8 Å². The van der Waals surface area contributed by atoms with Crippen molar-refractivity contribution in [3.8, 4) is 22.7 Å². The van der Waals surface area contributed by atoms with Crippen LogP contribution in [-0.4, -0.2) is 11.7 Å². The Morgan fingerprint density at radius 3 is 2.26 bits per heavy atom. The fraction of sp³-hybridized carbons (Fsp3) is 0.105. The zero-order chi connectivity index (χ0) is 16.2. The van der Waals surface area contributed by atoms with E-state index in [1.165, 1.54) is 0 Å². The summed E-state index contributed by atoms with van der Waals surface area (Å²) in [6, 6.07) is 21.0. The molecule has 0 saturated carbocycles. The van der Waals surface area contributed by atoms with Crippen molar-refractivity contribution in [2.45, 2.75) is 6.54 Å². The Balaban J connectivity index is 2.25. The van der Waals surface area contributed by atoms with Crippen molar-refractivity contribution in [2.75, 3.05) is 7.11 Å². The predicted octanol–water partition coefficient (Wildman–Crippen LogP) is 2.97. The summed E-state index contributed by atoms with van der Waals surface area (Å²) in [7, 11) is 1.62. The number of hydrogen-bond acceptors (Lipinski definition) is 3. The zero-order valence-corrected chi connectivity index (χ0v) is 12.9. The van der Waals surface area contributed by atoms with Gasteiger partial charge >= 0.3 is 0 Å². The first-order valence-corrected chi connectivity index (χ1v) is 7.39. The molecule has 0 aliphatic heterocycles. The molecule has 4 nitrogen and oxygen atoms in total. The summed E-state index contributed by atoms with van der Waals surface area (Å²) in [5.41, 5.74) is 8.77. The van der Waals surface area contributed by atoms with Gasteiger partial charge in [-0.25, -0.2) is 0 Å². The fourth-order valence-electron chi connectivity index (χ4n) is 2.56. The second-order valence-electron chi connectivity index (χ2n) is 5.15. The fourth-order valence-corrected chi connectivity index (χ4v) is 2.56. The summed E-state index contributed by atoms with van der Waals surface area (Å²) >= 11 is 0. The van der Waals surface area contributed by atoms with E-state index in [1.54, 1.807) is 17.7 Å². The van der Waals surface area contributed by atoms with Gasteiger partial charge < -0.3 is 10.5 Å². The van der Waals surface area contributed by atoms with Crippen LogP contribution in [0.15, 0.2) is 71.5 Å². The molecule has 0 unspecified atom stereocenters. The Morgan fingerprint density at radius 2 is 1.65 bits per heavy atom. The van der Waals surface area contributed by atoms with Gasteiger partial charge in [-0.1, -0.05) is 36.4 Å². The number of aromatic nitrogens is 1. The van der Waals surface area contributed by atoms with E-state index in [1.807, 2.05) is 60.7 Å². The van der Waals surface area contributed by atoms with Crippen molar-refractivity contribution in [1.29, 1.82) is 0 Å². The third kappa shape index (κ3) is 2.89. The molecule has 2 aromatic carbocycles. The van der Waals surface area contributed by atoms with Gasteiger partial charge in [0.25, 0.3) is 5.56 Å². The van der Waals surface area contributed by atoms with Crippen LogP contribution in [0.1, 0.15) is 5.56 Å². The topological polar surface area (TPSA) is 57.2 Å². The number of rotatable bonds is 4. The minimum absolute atomic E-state index is 0.0981. The first-order chi connectivity index (χ1) is 11.2. The van der Waals surface area contributed by atoms with Crippen molar-refractivity contribution in [2.24, 2.45) is 5.73 Å². The van der Waals surface area contributed by atoms with E-state index in [0.29, 0.717) is 5.56 Å². The average Bonchev–Trinajstić information content (AvgIpc) is 2.62. The molecule has 23 heavy (non-hydrogen) atoms. The number of benzene rings is 2. The molecule has 1 aromatic heterocycles. The van der Waals surface area contributed by atoms with Gasteiger partial charge in [-0.2, -0.15) is 0 Å². The second kappa shape index (κ2) is 6.50. The van der Waals surface area contributed by atoms with Crippen molar-refractivity contribution in [3.05, 3.63) is 82.6 Å². The van der Waals surface area contributed by atoms with E-state index in [2.05, 4.69) is 0 Å². The molecule has 116 valence electrons. The Labute approximate surface area is 134 Å². The van der Waals surface area contributed by atoms with E-state index < -0.39 is 0 Å². The Bertz CT molecular complexity index is 853. The summed E-state index contributed by atoms with van der Waals surface area (Å²) in [4.78, 5) is 12.8. The molecule has 4 heteroatoms. The van der Waals surface area contributed by atoms with Crippen LogP contribution in [0.5, 0.6) is 5.75 Å². The summed E-state index contributed by atoms with van der Waals surface area (Å²) in [6.07, 6.45) is 0. The highest BCUT2D eigenvalue weighted by molar-refractivity contribution is 5.62. The maximum atomic E-state index is 12.8. The summed E-state index contributed by atoms with van der Waals surface area (Å²) in [6.45, 7) is 0.212. The Kier molecular flexibility index (Phi) is 4.26. The van der Waals surface area contributed by atoms with Crippen LogP contribution in [0.3, 0.4) is 0 Å². The normalized spacial score (nSPS) is 10.5. The number of pyridine rings is 1. The predicted molar refractivity (Wildman–Crippen MR) is 91.9 cm³/mol. The average molecular weight is 306 g/mol. The number of ether oxygens (including phenoxy) is 1. The maximum absolute atomic E-state index is 12.8. The minimum atomic E-state index is -0.0981. The molecule has 1 heterocycles. The molecule has 0 fully saturated rings. The van der Waals surface area contributed by atoms with Crippen molar-refractivity contribution >= 4 is 0 Å². The monoisotopic (exact) mass is 306 g/mol. The number of nitrogens with zero attached hydrogens (tertiary/aromatic N) is 1. The molecule has 0 atom stereocenters. The molecule has 0 amide bonds. The third-order valence-corrected chi connectivity index (χ3v) is 3.78. The lowest BCUT2D eigenvalue weighted by molar-refractivity contribution is 0.414.